The summed E-state index contributed by atoms with van der Waals surface area (Å²) in [5.74, 6) is -0.138. The van der Waals surface area contributed by atoms with Gasteiger partial charge in [-0.2, -0.15) is 4.98 Å². The molecule has 1 aliphatic heterocycles. The number of aromatic nitrogens is 2. The summed E-state index contributed by atoms with van der Waals surface area (Å²) in [7, 11) is 1.48. The van der Waals surface area contributed by atoms with Crippen molar-refractivity contribution in [2.24, 2.45) is 0 Å². The van der Waals surface area contributed by atoms with E-state index in [4.69, 9.17) is 9.47 Å². The molecule has 0 aromatic carbocycles. The van der Waals surface area contributed by atoms with E-state index < -0.39 is 29.7 Å². The van der Waals surface area contributed by atoms with Crippen molar-refractivity contribution in [1.82, 2.24) is 9.55 Å². The van der Waals surface area contributed by atoms with Gasteiger partial charge in [0.1, 0.15) is 18.0 Å². The first-order chi connectivity index (χ1) is 11.4. The number of aliphatic hydroxyl groups is 1. The molecule has 8 nitrogen and oxygen atoms in total. The van der Waals surface area contributed by atoms with Gasteiger partial charge < -0.3 is 19.9 Å². The Hall–Kier alpha value is -1.77. The van der Waals surface area contributed by atoms with E-state index in [1.807, 2.05) is 13.8 Å². The summed E-state index contributed by atoms with van der Waals surface area (Å²) in [6.07, 6.45) is 1.28. The van der Waals surface area contributed by atoms with E-state index in [9.17, 15) is 14.7 Å². The van der Waals surface area contributed by atoms with E-state index in [0.717, 1.165) is 6.42 Å². The normalized spacial score (nSPS) is 29.6. The average Bonchev–Trinajstić information content (AvgIpc) is 2.80. The van der Waals surface area contributed by atoms with E-state index in [-0.39, 0.29) is 11.7 Å². The highest BCUT2D eigenvalue weighted by Gasteiger charge is 2.54. The van der Waals surface area contributed by atoms with Crippen molar-refractivity contribution in [2.45, 2.75) is 64.1 Å². The van der Waals surface area contributed by atoms with Crippen LogP contribution in [0, 0.1) is 0 Å². The Morgan fingerprint density at radius 3 is 2.75 bits per heavy atom. The molecule has 4 atom stereocenters. The Balaban J connectivity index is 2.37. The number of anilines is 1. The zero-order valence-electron chi connectivity index (χ0n) is 14.5. The highest BCUT2D eigenvalue weighted by atomic mass is 16.6. The van der Waals surface area contributed by atoms with Crippen LogP contribution in [0.25, 0.3) is 0 Å². The Morgan fingerprint density at radius 2 is 2.25 bits per heavy atom. The first-order valence-electron chi connectivity index (χ1n) is 8.14. The van der Waals surface area contributed by atoms with Crippen LogP contribution in [-0.4, -0.2) is 45.5 Å². The molecule has 0 spiro atoms. The largest absolute Gasteiger partial charge is 0.387 e. The van der Waals surface area contributed by atoms with Gasteiger partial charge in [-0.3, -0.25) is 9.36 Å². The van der Waals surface area contributed by atoms with Crippen molar-refractivity contribution in [3.63, 3.8) is 0 Å². The van der Waals surface area contributed by atoms with Gasteiger partial charge in [-0.1, -0.05) is 20.3 Å². The lowest BCUT2D eigenvalue weighted by atomic mass is 9.88. The molecule has 1 amide bonds. The molecule has 2 N–H and O–H groups in total. The number of rotatable bonds is 6. The van der Waals surface area contributed by atoms with Crippen LogP contribution in [0.4, 0.5) is 5.82 Å². The zero-order chi connectivity index (χ0) is 17.9. The van der Waals surface area contributed by atoms with Gasteiger partial charge in [0.2, 0.25) is 5.91 Å². The van der Waals surface area contributed by atoms with Crippen molar-refractivity contribution < 1.29 is 19.4 Å². The molecular weight excluding hydrogens is 314 g/mol. The van der Waals surface area contributed by atoms with E-state index in [1.54, 1.807) is 0 Å². The van der Waals surface area contributed by atoms with Crippen molar-refractivity contribution >= 4 is 11.7 Å². The van der Waals surface area contributed by atoms with Crippen molar-refractivity contribution in [1.29, 1.82) is 0 Å². The molecule has 1 fully saturated rings. The Morgan fingerprint density at radius 1 is 1.54 bits per heavy atom. The molecule has 1 aromatic rings. The van der Waals surface area contributed by atoms with E-state index >= 15 is 0 Å². The second-order valence-electron chi connectivity index (χ2n) is 6.01. The molecule has 0 bridgehead atoms. The van der Waals surface area contributed by atoms with Crippen LogP contribution in [0.2, 0.25) is 0 Å². The lowest BCUT2D eigenvalue weighted by Gasteiger charge is -2.30. The van der Waals surface area contributed by atoms with Crippen LogP contribution in [0.3, 0.4) is 0 Å². The third kappa shape index (κ3) is 3.35. The molecule has 1 aromatic heterocycles. The minimum atomic E-state index is -0.848. The van der Waals surface area contributed by atoms with Crippen LogP contribution in [0.5, 0.6) is 0 Å². The average molecular weight is 339 g/mol. The number of hydrogen-bond acceptors (Lipinski definition) is 6. The summed E-state index contributed by atoms with van der Waals surface area (Å²) in [6.45, 7) is 5.29. The Bertz CT molecular complexity index is 647. The molecule has 0 aliphatic carbocycles. The summed E-state index contributed by atoms with van der Waals surface area (Å²) in [4.78, 5) is 27.2. The third-order valence-electron chi connectivity index (χ3n) is 4.44. The molecule has 2 rings (SSSR count). The molecule has 134 valence electrons. The summed E-state index contributed by atoms with van der Waals surface area (Å²) < 4.78 is 12.8. The van der Waals surface area contributed by atoms with Gasteiger partial charge in [-0.25, -0.2) is 4.79 Å². The lowest BCUT2D eigenvalue weighted by molar-refractivity contribution is -0.114. The third-order valence-corrected chi connectivity index (χ3v) is 4.44. The number of carbonyl (C=O) groups is 1. The second kappa shape index (κ2) is 7.42. The van der Waals surface area contributed by atoms with E-state index in [0.29, 0.717) is 12.8 Å². The minimum absolute atomic E-state index is 0.173. The molecule has 1 saturated heterocycles. The Kier molecular flexibility index (Phi) is 5.74. The maximum Gasteiger partial charge on any atom is 0.351 e. The van der Waals surface area contributed by atoms with Crippen LogP contribution in [-0.2, 0) is 14.3 Å². The van der Waals surface area contributed by atoms with Crippen LogP contribution in [0.1, 0.15) is 46.3 Å². The van der Waals surface area contributed by atoms with Crippen LogP contribution in [0.15, 0.2) is 17.1 Å². The fourth-order valence-electron chi connectivity index (χ4n) is 3.25. The van der Waals surface area contributed by atoms with Crippen molar-refractivity contribution in [3.05, 3.63) is 22.7 Å². The predicted molar refractivity (Wildman–Crippen MR) is 87.7 cm³/mol. The topological polar surface area (TPSA) is 103 Å². The molecule has 2 heterocycles. The van der Waals surface area contributed by atoms with Crippen LogP contribution >= 0.6 is 0 Å². The van der Waals surface area contributed by atoms with Gasteiger partial charge in [0.05, 0.1) is 5.60 Å². The molecule has 0 radical (unpaired) electrons. The highest BCUT2D eigenvalue weighted by molar-refractivity contribution is 5.87. The van der Waals surface area contributed by atoms with Crippen molar-refractivity contribution in [3.8, 4) is 0 Å². The fourth-order valence-corrected chi connectivity index (χ4v) is 3.25. The lowest BCUT2D eigenvalue weighted by Crippen LogP contribution is -2.43. The second-order valence-corrected chi connectivity index (χ2v) is 6.01. The molecular formula is C16H25N3O5. The van der Waals surface area contributed by atoms with Gasteiger partial charge in [0.15, 0.2) is 6.23 Å². The van der Waals surface area contributed by atoms with Gasteiger partial charge in [-0.05, 0) is 18.9 Å². The number of aliphatic hydroxyl groups excluding tert-OH is 1. The maximum atomic E-state index is 12.3. The molecule has 0 saturated carbocycles. The number of nitrogens with one attached hydrogen (secondary N) is 1. The molecule has 1 unspecified atom stereocenters. The monoisotopic (exact) mass is 339 g/mol. The summed E-state index contributed by atoms with van der Waals surface area (Å²) in [5.41, 5.74) is -1.33. The summed E-state index contributed by atoms with van der Waals surface area (Å²) in [6, 6.07) is 1.51. The first kappa shape index (κ1) is 18.6. The van der Waals surface area contributed by atoms with Crippen molar-refractivity contribution in [2.75, 3.05) is 12.4 Å². The maximum absolute atomic E-state index is 12.3. The van der Waals surface area contributed by atoms with Crippen LogP contribution < -0.4 is 11.0 Å². The highest BCUT2D eigenvalue weighted by Crippen LogP contribution is 2.42. The molecule has 1 aliphatic rings. The Labute approximate surface area is 140 Å². The van der Waals surface area contributed by atoms with E-state index in [2.05, 4.69) is 10.3 Å². The number of ether oxygens (including phenoxy) is 2. The standard InChI is InChI=1S/C16H25N3O5/c1-5-8-16(6-2)13(21)12(23-4)14(24-16)19-9-7-11(17-10(3)20)18-15(19)22/h7,9,12-14,21H,5-6,8H2,1-4H3,(H,17,18,20,22)/t12?,13-,14-,16+/m1/s1. The summed E-state index contributed by atoms with van der Waals surface area (Å²) >= 11 is 0. The molecule has 24 heavy (non-hydrogen) atoms. The fraction of sp³-hybridized carbons (Fsp3) is 0.688. The van der Waals surface area contributed by atoms with Gasteiger partial charge in [-0.15, -0.1) is 0 Å². The number of hydrogen-bond donors (Lipinski definition) is 2. The van der Waals surface area contributed by atoms with Gasteiger partial charge in [0, 0.05) is 20.2 Å². The smallest absolute Gasteiger partial charge is 0.351 e. The predicted octanol–water partition coefficient (Wildman–Crippen LogP) is 1.06. The van der Waals surface area contributed by atoms with E-state index in [1.165, 1.54) is 30.9 Å². The quantitative estimate of drug-likeness (QED) is 0.803. The molecule has 8 heteroatoms. The SMILES string of the molecule is CCC[C@]1(CC)O[C@@H](n2ccc(NC(C)=O)nc2=O)C(OC)[C@H]1O. The summed E-state index contributed by atoms with van der Waals surface area (Å²) in [5, 5.41) is 13.1. The zero-order valence-corrected chi connectivity index (χ0v) is 14.5. The van der Waals surface area contributed by atoms with Gasteiger partial charge >= 0.3 is 5.69 Å². The minimum Gasteiger partial charge on any atom is -0.387 e. The van der Waals surface area contributed by atoms with Gasteiger partial charge in [0.25, 0.3) is 0 Å². The number of amides is 1. The number of carbonyl (C=O) groups excluding carboxylic acids is 1. The number of methoxy groups -OCH3 is 1. The number of nitrogens with zero attached hydrogens (tertiary/aromatic N) is 2. The first-order valence-corrected chi connectivity index (χ1v) is 8.14.